The number of ether oxygens (including phenoxy) is 2. The zero-order valence-corrected chi connectivity index (χ0v) is 10.4. The number of rotatable bonds is 4. The standard InChI is InChI=1S/C10H14N2O4S/c1-2-15-9(13)8-11-12-10(16-8)17-7-3-5-14-6-4-7/h7H,2-6H2,1H3. The van der Waals surface area contributed by atoms with Crippen molar-refractivity contribution in [3.8, 4) is 0 Å². The summed E-state index contributed by atoms with van der Waals surface area (Å²) in [6.07, 6.45) is 1.92. The van der Waals surface area contributed by atoms with E-state index >= 15 is 0 Å². The van der Waals surface area contributed by atoms with Gasteiger partial charge < -0.3 is 13.9 Å². The quantitative estimate of drug-likeness (QED) is 0.758. The molecule has 1 fully saturated rings. The van der Waals surface area contributed by atoms with Gasteiger partial charge in [0.1, 0.15) is 0 Å². The number of hydrogen-bond donors (Lipinski definition) is 0. The molecule has 0 saturated carbocycles. The predicted octanol–water partition coefficient (Wildman–Crippen LogP) is 1.52. The van der Waals surface area contributed by atoms with E-state index in [1.54, 1.807) is 6.92 Å². The Hall–Kier alpha value is -1.08. The summed E-state index contributed by atoms with van der Waals surface area (Å²) in [5, 5.41) is 8.31. The van der Waals surface area contributed by atoms with Gasteiger partial charge in [-0.15, -0.1) is 5.10 Å². The van der Waals surface area contributed by atoms with Gasteiger partial charge in [-0.25, -0.2) is 4.79 Å². The first-order valence-corrected chi connectivity index (χ1v) is 6.42. The Balaban J connectivity index is 1.91. The Bertz CT molecular complexity index is 376. The summed E-state index contributed by atoms with van der Waals surface area (Å²) in [5.41, 5.74) is 0. The van der Waals surface area contributed by atoms with Gasteiger partial charge in [-0.05, 0) is 19.8 Å². The lowest BCUT2D eigenvalue weighted by Gasteiger charge is -2.19. The molecule has 0 bridgehead atoms. The van der Waals surface area contributed by atoms with E-state index < -0.39 is 5.97 Å². The summed E-state index contributed by atoms with van der Waals surface area (Å²) in [6.45, 7) is 3.54. The van der Waals surface area contributed by atoms with Gasteiger partial charge in [-0.1, -0.05) is 16.9 Å². The third kappa shape index (κ3) is 3.44. The molecule has 0 aromatic carbocycles. The lowest BCUT2D eigenvalue weighted by atomic mass is 10.2. The second-order valence-electron chi connectivity index (χ2n) is 3.52. The molecule has 6 nitrogen and oxygen atoms in total. The molecule has 0 radical (unpaired) electrons. The molecule has 2 heterocycles. The molecule has 1 aliphatic rings. The highest BCUT2D eigenvalue weighted by atomic mass is 32.2. The van der Waals surface area contributed by atoms with E-state index in [4.69, 9.17) is 13.9 Å². The van der Waals surface area contributed by atoms with Crippen molar-refractivity contribution < 1.29 is 18.7 Å². The van der Waals surface area contributed by atoms with Crippen molar-refractivity contribution >= 4 is 17.7 Å². The van der Waals surface area contributed by atoms with Crippen LogP contribution in [0.4, 0.5) is 0 Å². The van der Waals surface area contributed by atoms with Crippen LogP contribution >= 0.6 is 11.8 Å². The average molecular weight is 258 g/mol. The number of esters is 1. The summed E-state index contributed by atoms with van der Waals surface area (Å²) in [5.74, 6) is -0.653. The van der Waals surface area contributed by atoms with Gasteiger partial charge >= 0.3 is 11.9 Å². The minimum atomic E-state index is -0.571. The number of carbonyl (C=O) groups excluding carboxylic acids is 1. The second-order valence-corrected chi connectivity index (χ2v) is 4.77. The van der Waals surface area contributed by atoms with Crippen LogP contribution in [0.25, 0.3) is 0 Å². The molecule has 0 atom stereocenters. The van der Waals surface area contributed by atoms with Crippen molar-refractivity contribution in [3.05, 3.63) is 5.89 Å². The second kappa shape index (κ2) is 6.02. The van der Waals surface area contributed by atoms with E-state index in [-0.39, 0.29) is 5.89 Å². The first kappa shape index (κ1) is 12.4. The Morgan fingerprint density at radius 1 is 1.47 bits per heavy atom. The van der Waals surface area contributed by atoms with Crippen LogP contribution in [0.1, 0.15) is 30.5 Å². The van der Waals surface area contributed by atoms with E-state index in [2.05, 4.69) is 10.2 Å². The lowest BCUT2D eigenvalue weighted by Crippen LogP contribution is -2.17. The Kier molecular flexibility index (Phi) is 4.38. The monoisotopic (exact) mass is 258 g/mol. The number of aromatic nitrogens is 2. The van der Waals surface area contributed by atoms with Crippen molar-refractivity contribution in [1.82, 2.24) is 10.2 Å². The Morgan fingerprint density at radius 2 is 2.24 bits per heavy atom. The summed E-state index contributed by atoms with van der Waals surface area (Å²) >= 11 is 1.49. The molecular formula is C10H14N2O4S. The largest absolute Gasteiger partial charge is 0.459 e. The highest BCUT2D eigenvalue weighted by molar-refractivity contribution is 7.99. The third-order valence-corrected chi connectivity index (χ3v) is 3.46. The maximum atomic E-state index is 11.3. The summed E-state index contributed by atoms with van der Waals surface area (Å²) < 4.78 is 15.3. The molecule has 1 aromatic rings. The number of hydrogen-bond acceptors (Lipinski definition) is 7. The lowest BCUT2D eigenvalue weighted by molar-refractivity contribution is 0.0475. The van der Waals surface area contributed by atoms with Gasteiger partial charge in [0.2, 0.25) is 0 Å². The molecule has 17 heavy (non-hydrogen) atoms. The minimum absolute atomic E-state index is 0.0820. The molecule has 0 unspecified atom stereocenters. The molecular weight excluding hydrogens is 244 g/mol. The van der Waals surface area contributed by atoms with Crippen LogP contribution in [0, 0.1) is 0 Å². The zero-order valence-electron chi connectivity index (χ0n) is 9.55. The maximum Gasteiger partial charge on any atom is 0.396 e. The molecule has 0 N–H and O–H groups in total. The van der Waals surface area contributed by atoms with Crippen molar-refractivity contribution in [2.24, 2.45) is 0 Å². The third-order valence-electron chi connectivity index (χ3n) is 2.29. The molecule has 0 amide bonds. The molecule has 0 spiro atoms. The average Bonchev–Trinajstić information content (AvgIpc) is 2.79. The number of thioether (sulfide) groups is 1. The summed E-state index contributed by atoms with van der Waals surface area (Å²) in [6, 6.07) is 0. The Morgan fingerprint density at radius 3 is 2.94 bits per heavy atom. The summed E-state index contributed by atoms with van der Waals surface area (Å²) in [7, 11) is 0. The van der Waals surface area contributed by atoms with Crippen LogP contribution < -0.4 is 0 Å². The molecule has 1 aliphatic heterocycles. The van der Waals surface area contributed by atoms with Crippen LogP contribution in [-0.2, 0) is 9.47 Å². The molecule has 1 aromatic heterocycles. The fraction of sp³-hybridized carbons (Fsp3) is 0.700. The van der Waals surface area contributed by atoms with Gasteiger partial charge in [-0.3, -0.25) is 0 Å². The van der Waals surface area contributed by atoms with Crippen LogP contribution in [0.2, 0.25) is 0 Å². The predicted molar refractivity (Wildman–Crippen MR) is 60.0 cm³/mol. The van der Waals surface area contributed by atoms with Gasteiger partial charge in [0, 0.05) is 18.5 Å². The first-order chi connectivity index (χ1) is 8.29. The highest BCUT2D eigenvalue weighted by Crippen LogP contribution is 2.28. The highest BCUT2D eigenvalue weighted by Gasteiger charge is 2.21. The number of nitrogens with zero attached hydrogens (tertiary/aromatic N) is 2. The van der Waals surface area contributed by atoms with Gasteiger partial charge in [0.15, 0.2) is 0 Å². The molecule has 1 saturated heterocycles. The van der Waals surface area contributed by atoms with E-state index in [1.807, 2.05) is 0 Å². The van der Waals surface area contributed by atoms with Crippen LogP contribution in [-0.4, -0.2) is 41.2 Å². The van der Waals surface area contributed by atoms with E-state index in [1.165, 1.54) is 11.8 Å². The van der Waals surface area contributed by atoms with Crippen LogP contribution in [0.5, 0.6) is 0 Å². The first-order valence-electron chi connectivity index (χ1n) is 5.54. The van der Waals surface area contributed by atoms with Crippen molar-refractivity contribution in [2.75, 3.05) is 19.8 Å². The fourth-order valence-electron chi connectivity index (χ4n) is 1.47. The van der Waals surface area contributed by atoms with E-state index in [9.17, 15) is 4.79 Å². The fourth-order valence-corrected chi connectivity index (χ4v) is 2.40. The van der Waals surface area contributed by atoms with Crippen molar-refractivity contribution in [1.29, 1.82) is 0 Å². The minimum Gasteiger partial charge on any atom is -0.459 e. The van der Waals surface area contributed by atoms with Crippen molar-refractivity contribution in [2.45, 2.75) is 30.2 Å². The van der Waals surface area contributed by atoms with Crippen LogP contribution in [0.15, 0.2) is 9.64 Å². The normalized spacial score (nSPS) is 17.0. The topological polar surface area (TPSA) is 74.5 Å². The van der Waals surface area contributed by atoms with E-state index in [0.717, 1.165) is 26.1 Å². The van der Waals surface area contributed by atoms with E-state index in [0.29, 0.717) is 17.1 Å². The molecule has 7 heteroatoms. The Labute approximate surface area is 103 Å². The van der Waals surface area contributed by atoms with Crippen LogP contribution in [0.3, 0.4) is 0 Å². The van der Waals surface area contributed by atoms with Crippen molar-refractivity contribution in [3.63, 3.8) is 0 Å². The molecule has 94 valence electrons. The van der Waals surface area contributed by atoms with Gasteiger partial charge in [-0.2, -0.15) is 0 Å². The van der Waals surface area contributed by atoms with Gasteiger partial charge in [0.25, 0.3) is 5.22 Å². The maximum absolute atomic E-state index is 11.3. The number of carbonyl (C=O) groups is 1. The van der Waals surface area contributed by atoms with Gasteiger partial charge in [0.05, 0.1) is 6.61 Å². The smallest absolute Gasteiger partial charge is 0.396 e. The SMILES string of the molecule is CCOC(=O)c1nnc(SC2CCOCC2)o1. The summed E-state index contributed by atoms with van der Waals surface area (Å²) in [4.78, 5) is 11.3. The molecule has 0 aliphatic carbocycles. The zero-order chi connectivity index (χ0) is 12.1. The molecule has 2 rings (SSSR count).